The zero-order valence-electron chi connectivity index (χ0n) is 21.0. The first-order chi connectivity index (χ1) is 15.9. The molecule has 0 aromatic heterocycles. The normalized spacial score (nSPS) is 53.3. The predicted molar refractivity (Wildman–Crippen MR) is 125 cm³/mol. The molecular weight excluding hydrogens is 432 g/mol. The van der Waals surface area contributed by atoms with Gasteiger partial charge in [0.05, 0.1) is 11.5 Å². The number of ether oxygens (including phenoxy) is 2. The lowest BCUT2D eigenvalue weighted by atomic mass is 9.43. The summed E-state index contributed by atoms with van der Waals surface area (Å²) in [6.07, 6.45) is 7.18. The zero-order valence-corrected chi connectivity index (χ0v) is 21.0. The van der Waals surface area contributed by atoms with Crippen molar-refractivity contribution in [2.75, 3.05) is 0 Å². The summed E-state index contributed by atoms with van der Waals surface area (Å²) in [6.45, 7) is 9.86. The summed E-state index contributed by atoms with van der Waals surface area (Å²) >= 11 is 0. The lowest BCUT2D eigenvalue weighted by Crippen LogP contribution is -2.67. The highest BCUT2D eigenvalue weighted by atomic mass is 16.6. The average Bonchev–Trinajstić information content (AvgIpc) is 3.49. The van der Waals surface area contributed by atoms with Gasteiger partial charge in [-0.2, -0.15) is 0 Å². The number of cyclic esters (lactones) is 1. The number of fused-ring (bicyclic) bond motifs is 8. The molecule has 2 N–H and O–H groups in total. The molecule has 2 heterocycles. The standard InChI is InChI=1S/C28H38O6/c1-14-13-20(33-24(30)15(14)2)27(5,31)18-9-8-16-21-17(10-12-25(16,18)3)26(4)19(29)7-6-11-28(26,32)23-22(21)34-23/h6-7,16-18,20-23,31-32H,8-13H2,1-5H3/t16-,17-,18-,20+,21?,22-,23-,25-,26-,27+,28-/m0/s1. The van der Waals surface area contributed by atoms with E-state index < -0.39 is 22.7 Å². The van der Waals surface area contributed by atoms with Crippen molar-refractivity contribution < 1.29 is 29.3 Å². The number of rotatable bonds is 2. The summed E-state index contributed by atoms with van der Waals surface area (Å²) < 4.78 is 12.0. The summed E-state index contributed by atoms with van der Waals surface area (Å²) in [5.74, 6) is 0.263. The molecule has 0 amide bonds. The van der Waals surface area contributed by atoms with E-state index in [0.717, 1.165) is 31.3 Å². The van der Waals surface area contributed by atoms with Gasteiger partial charge in [0.1, 0.15) is 23.4 Å². The number of hydrogen-bond donors (Lipinski definition) is 2. The Kier molecular flexibility index (Phi) is 4.61. The third-order valence-electron chi connectivity index (χ3n) is 11.6. The third-order valence-corrected chi connectivity index (χ3v) is 11.6. The summed E-state index contributed by atoms with van der Waals surface area (Å²) in [5.41, 5.74) is -1.60. The van der Waals surface area contributed by atoms with Gasteiger partial charge >= 0.3 is 5.97 Å². The summed E-state index contributed by atoms with van der Waals surface area (Å²) in [5, 5.41) is 23.6. The van der Waals surface area contributed by atoms with Crippen LogP contribution in [0.2, 0.25) is 0 Å². The van der Waals surface area contributed by atoms with E-state index in [1.54, 1.807) is 13.0 Å². The number of aliphatic hydroxyl groups is 2. The van der Waals surface area contributed by atoms with E-state index in [1.165, 1.54) is 0 Å². The number of esters is 1. The molecular formula is C28H38O6. The van der Waals surface area contributed by atoms with Gasteiger partial charge in [-0.3, -0.25) is 4.79 Å². The molecule has 6 rings (SSSR count). The number of ketones is 1. The van der Waals surface area contributed by atoms with Crippen LogP contribution in [0.15, 0.2) is 23.3 Å². The van der Waals surface area contributed by atoms with Crippen molar-refractivity contribution in [1.29, 1.82) is 0 Å². The second kappa shape index (κ2) is 6.83. The maximum atomic E-state index is 13.3. The molecule has 34 heavy (non-hydrogen) atoms. The Balaban J connectivity index is 1.33. The van der Waals surface area contributed by atoms with E-state index in [1.807, 2.05) is 26.8 Å². The molecule has 1 unspecified atom stereocenters. The molecule has 0 radical (unpaired) electrons. The van der Waals surface area contributed by atoms with Gasteiger partial charge in [-0.1, -0.05) is 18.6 Å². The fourth-order valence-corrected chi connectivity index (χ4v) is 9.36. The van der Waals surface area contributed by atoms with Gasteiger partial charge in [-0.05, 0) is 95.0 Å². The van der Waals surface area contributed by atoms with E-state index >= 15 is 0 Å². The minimum absolute atomic E-state index is 0.0114. The lowest BCUT2D eigenvalue weighted by molar-refractivity contribution is -0.195. The number of allylic oxidation sites excluding steroid dienone is 1. The van der Waals surface area contributed by atoms with Crippen LogP contribution in [0.25, 0.3) is 0 Å². The van der Waals surface area contributed by atoms with Crippen molar-refractivity contribution in [3.63, 3.8) is 0 Å². The van der Waals surface area contributed by atoms with E-state index in [0.29, 0.717) is 24.3 Å². The molecule has 0 spiro atoms. The summed E-state index contributed by atoms with van der Waals surface area (Å²) in [7, 11) is 0. The van der Waals surface area contributed by atoms with E-state index in [4.69, 9.17) is 9.47 Å². The molecule has 0 aromatic carbocycles. The van der Waals surface area contributed by atoms with Crippen molar-refractivity contribution in [3.05, 3.63) is 23.3 Å². The molecule has 4 fully saturated rings. The number of epoxide rings is 1. The molecule has 1 saturated heterocycles. The Bertz CT molecular complexity index is 1030. The average molecular weight is 471 g/mol. The minimum Gasteiger partial charge on any atom is -0.456 e. The smallest absolute Gasteiger partial charge is 0.334 e. The van der Waals surface area contributed by atoms with Gasteiger partial charge < -0.3 is 19.7 Å². The van der Waals surface area contributed by atoms with Gasteiger partial charge in [0.2, 0.25) is 0 Å². The van der Waals surface area contributed by atoms with Crippen LogP contribution in [0.3, 0.4) is 0 Å². The fourth-order valence-electron chi connectivity index (χ4n) is 9.36. The SMILES string of the molecule is CC1=C(C)C(=O)O[C@@H]([C@](C)(O)[C@H]2CC[C@H]3C4[C@@H]5O[C@@H]5[C@@]5(O)CC=CC(=O)[C@]5(C)[C@H]4CC[C@]23C)C1. The van der Waals surface area contributed by atoms with Gasteiger partial charge in [0.15, 0.2) is 5.78 Å². The third kappa shape index (κ3) is 2.58. The van der Waals surface area contributed by atoms with Crippen LogP contribution >= 0.6 is 0 Å². The van der Waals surface area contributed by atoms with Crippen molar-refractivity contribution in [2.24, 2.45) is 34.5 Å². The van der Waals surface area contributed by atoms with Gasteiger partial charge in [-0.15, -0.1) is 0 Å². The molecule has 11 atom stereocenters. The van der Waals surface area contributed by atoms with Gasteiger partial charge in [0.25, 0.3) is 0 Å². The van der Waals surface area contributed by atoms with Crippen LogP contribution in [0.5, 0.6) is 0 Å². The van der Waals surface area contributed by atoms with Crippen molar-refractivity contribution >= 4 is 11.8 Å². The highest BCUT2D eigenvalue weighted by molar-refractivity contribution is 5.97. The fraction of sp³-hybridized carbons (Fsp3) is 0.786. The number of carbonyl (C=O) groups is 2. The Morgan fingerprint density at radius 1 is 1.12 bits per heavy atom. The largest absolute Gasteiger partial charge is 0.456 e. The van der Waals surface area contributed by atoms with E-state index in [9.17, 15) is 19.8 Å². The molecule has 6 aliphatic rings. The van der Waals surface area contributed by atoms with Crippen LogP contribution in [0.4, 0.5) is 0 Å². The second-order valence-corrected chi connectivity index (χ2v) is 12.8. The van der Waals surface area contributed by atoms with Crippen LogP contribution in [0.1, 0.15) is 73.1 Å². The topological polar surface area (TPSA) is 96.4 Å². The van der Waals surface area contributed by atoms with E-state index in [2.05, 4.69) is 6.92 Å². The van der Waals surface area contributed by atoms with Crippen molar-refractivity contribution in [3.8, 4) is 0 Å². The maximum absolute atomic E-state index is 13.3. The zero-order chi connectivity index (χ0) is 24.4. The first kappa shape index (κ1) is 22.9. The minimum atomic E-state index is -1.14. The second-order valence-electron chi connectivity index (χ2n) is 12.8. The number of carbonyl (C=O) groups excluding carboxylic acids is 2. The Hall–Kier alpha value is -1.50. The van der Waals surface area contributed by atoms with Crippen molar-refractivity contribution in [2.45, 2.75) is 103 Å². The molecule has 4 aliphatic carbocycles. The highest BCUT2D eigenvalue weighted by Crippen LogP contribution is 2.72. The van der Waals surface area contributed by atoms with Crippen LogP contribution in [0, 0.1) is 34.5 Å². The quantitative estimate of drug-likeness (QED) is 0.474. The van der Waals surface area contributed by atoms with Gasteiger partial charge in [0, 0.05) is 12.0 Å². The summed E-state index contributed by atoms with van der Waals surface area (Å²) in [6, 6.07) is 0. The maximum Gasteiger partial charge on any atom is 0.334 e. The molecule has 0 aromatic rings. The monoisotopic (exact) mass is 470 g/mol. The van der Waals surface area contributed by atoms with Crippen LogP contribution in [-0.2, 0) is 19.1 Å². The molecule has 6 nitrogen and oxygen atoms in total. The van der Waals surface area contributed by atoms with Gasteiger partial charge in [-0.25, -0.2) is 4.79 Å². The molecule has 6 heteroatoms. The highest BCUT2D eigenvalue weighted by Gasteiger charge is 2.78. The molecule has 186 valence electrons. The molecule has 0 bridgehead atoms. The van der Waals surface area contributed by atoms with E-state index in [-0.39, 0.29) is 47.1 Å². The molecule has 2 aliphatic heterocycles. The van der Waals surface area contributed by atoms with Crippen LogP contribution < -0.4 is 0 Å². The lowest BCUT2D eigenvalue weighted by Gasteiger charge is -2.60. The van der Waals surface area contributed by atoms with Crippen LogP contribution in [-0.4, -0.2) is 51.5 Å². The Morgan fingerprint density at radius 2 is 1.85 bits per heavy atom. The summed E-state index contributed by atoms with van der Waals surface area (Å²) in [4.78, 5) is 25.7. The van der Waals surface area contributed by atoms with Crippen molar-refractivity contribution in [1.82, 2.24) is 0 Å². The Labute approximate surface area is 201 Å². The predicted octanol–water partition coefficient (Wildman–Crippen LogP) is 3.50. The number of hydrogen-bond acceptors (Lipinski definition) is 6. The Morgan fingerprint density at radius 3 is 2.56 bits per heavy atom. The molecule has 3 saturated carbocycles. The first-order valence-electron chi connectivity index (χ1n) is 13.1. The first-order valence-corrected chi connectivity index (χ1v) is 13.1.